The summed E-state index contributed by atoms with van der Waals surface area (Å²) in [5.74, 6) is 1.83. The van der Waals surface area contributed by atoms with E-state index in [0.29, 0.717) is 17.6 Å². The van der Waals surface area contributed by atoms with Gasteiger partial charge in [-0.1, -0.05) is 38.1 Å². The summed E-state index contributed by atoms with van der Waals surface area (Å²) in [5.41, 5.74) is 7.91. The van der Waals surface area contributed by atoms with Crippen molar-refractivity contribution in [3.05, 3.63) is 35.4 Å². The lowest BCUT2D eigenvalue weighted by Gasteiger charge is -2.26. The van der Waals surface area contributed by atoms with Crippen molar-refractivity contribution in [3.63, 3.8) is 0 Å². The summed E-state index contributed by atoms with van der Waals surface area (Å²) in [6.45, 7) is 5.20. The van der Waals surface area contributed by atoms with E-state index >= 15 is 0 Å². The molecule has 2 nitrogen and oxygen atoms in total. The number of benzene rings is 1. The Morgan fingerprint density at radius 3 is 2.25 bits per heavy atom. The highest BCUT2D eigenvalue weighted by Crippen LogP contribution is 2.30. The van der Waals surface area contributed by atoms with Gasteiger partial charge in [-0.3, -0.25) is 4.79 Å². The second-order valence-corrected chi connectivity index (χ2v) is 6.61. The highest BCUT2D eigenvalue weighted by atomic mass is 16.1. The molecule has 0 bridgehead atoms. The van der Waals surface area contributed by atoms with E-state index in [0.717, 1.165) is 44.2 Å². The van der Waals surface area contributed by atoms with Crippen molar-refractivity contribution in [2.24, 2.45) is 23.5 Å². The predicted molar refractivity (Wildman–Crippen MR) is 83.8 cm³/mol. The fourth-order valence-electron chi connectivity index (χ4n) is 3.17. The molecule has 0 amide bonds. The number of Topliss-reactive ketones (excluding diaryl/α,β-unsaturated/α-hetero) is 1. The van der Waals surface area contributed by atoms with Crippen LogP contribution in [0.25, 0.3) is 0 Å². The smallest absolute Gasteiger partial charge is 0.165 e. The van der Waals surface area contributed by atoms with Gasteiger partial charge >= 0.3 is 0 Å². The van der Waals surface area contributed by atoms with Crippen molar-refractivity contribution in [2.75, 3.05) is 6.54 Å². The third-order valence-electron chi connectivity index (χ3n) is 4.43. The summed E-state index contributed by atoms with van der Waals surface area (Å²) in [4.78, 5) is 12.5. The summed E-state index contributed by atoms with van der Waals surface area (Å²) in [7, 11) is 0. The van der Waals surface area contributed by atoms with Crippen LogP contribution in [0.2, 0.25) is 0 Å². The van der Waals surface area contributed by atoms with Crippen molar-refractivity contribution in [1.82, 2.24) is 0 Å². The lowest BCUT2D eigenvalue weighted by atomic mass is 9.78. The molecule has 1 aliphatic carbocycles. The molecule has 1 aliphatic rings. The van der Waals surface area contributed by atoms with Gasteiger partial charge in [0.05, 0.1) is 0 Å². The first-order valence-electron chi connectivity index (χ1n) is 7.93. The molecule has 2 rings (SSSR count). The Balaban J connectivity index is 1.95. The van der Waals surface area contributed by atoms with Crippen LogP contribution in [0.3, 0.4) is 0 Å². The van der Waals surface area contributed by atoms with Gasteiger partial charge < -0.3 is 5.73 Å². The van der Waals surface area contributed by atoms with E-state index < -0.39 is 0 Å². The molecular weight excluding hydrogens is 246 g/mol. The molecule has 0 aromatic heterocycles. The van der Waals surface area contributed by atoms with E-state index in [-0.39, 0.29) is 5.92 Å². The zero-order valence-electron chi connectivity index (χ0n) is 12.8. The topological polar surface area (TPSA) is 43.1 Å². The van der Waals surface area contributed by atoms with E-state index in [1.807, 2.05) is 12.1 Å². The Kier molecular flexibility index (Phi) is 5.36. The first-order valence-corrected chi connectivity index (χ1v) is 7.93. The van der Waals surface area contributed by atoms with Crippen molar-refractivity contribution in [2.45, 2.75) is 46.0 Å². The van der Waals surface area contributed by atoms with E-state index in [4.69, 9.17) is 5.73 Å². The highest BCUT2D eigenvalue weighted by molar-refractivity contribution is 5.97. The van der Waals surface area contributed by atoms with E-state index in [1.54, 1.807) is 0 Å². The molecule has 1 aromatic rings. The summed E-state index contributed by atoms with van der Waals surface area (Å²) in [6.07, 6.45) is 5.32. The summed E-state index contributed by atoms with van der Waals surface area (Å²) < 4.78 is 0. The van der Waals surface area contributed by atoms with Crippen LogP contribution < -0.4 is 5.73 Å². The van der Waals surface area contributed by atoms with Crippen LogP contribution >= 0.6 is 0 Å². The molecule has 0 atom stereocenters. The van der Waals surface area contributed by atoms with Crippen LogP contribution in [-0.4, -0.2) is 12.3 Å². The van der Waals surface area contributed by atoms with Crippen molar-refractivity contribution in [1.29, 1.82) is 0 Å². The monoisotopic (exact) mass is 273 g/mol. The maximum absolute atomic E-state index is 12.5. The maximum Gasteiger partial charge on any atom is 0.165 e. The Morgan fingerprint density at radius 1 is 1.15 bits per heavy atom. The summed E-state index contributed by atoms with van der Waals surface area (Å²) >= 11 is 0. The number of carbonyl (C=O) groups is 1. The zero-order chi connectivity index (χ0) is 14.5. The van der Waals surface area contributed by atoms with Gasteiger partial charge in [0.25, 0.3) is 0 Å². The molecule has 1 fully saturated rings. The Bertz CT molecular complexity index is 427. The van der Waals surface area contributed by atoms with Crippen LogP contribution in [0.4, 0.5) is 0 Å². The minimum Gasteiger partial charge on any atom is -0.330 e. The Morgan fingerprint density at radius 2 is 1.75 bits per heavy atom. The van der Waals surface area contributed by atoms with Gasteiger partial charge in [0.2, 0.25) is 0 Å². The second-order valence-electron chi connectivity index (χ2n) is 6.61. The average Bonchev–Trinajstić information content (AvgIpc) is 2.47. The molecule has 2 N–H and O–H groups in total. The van der Waals surface area contributed by atoms with Crippen LogP contribution in [0, 0.1) is 17.8 Å². The third-order valence-corrected chi connectivity index (χ3v) is 4.43. The van der Waals surface area contributed by atoms with Gasteiger partial charge in [-0.15, -0.1) is 0 Å². The fourth-order valence-corrected chi connectivity index (χ4v) is 3.17. The largest absolute Gasteiger partial charge is 0.330 e. The first-order chi connectivity index (χ1) is 9.60. The number of ketones is 1. The minimum atomic E-state index is 0.216. The van der Waals surface area contributed by atoms with E-state index in [2.05, 4.69) is 26.0 Å². The SMILES string of the molecule is CC(C)Cc1ccc(C(=O)C2CCC(CN)CC2)cc1. The molecule has 1 saturated carbocycles. The third kappa shape index (κ3) is 3.92. The molecule has 0 radical (unpaired) electrons. The Labute approximate surface area is 122 Å². The Hall–Kier alpha value is -1.15. The predicted octanol–water partition coefficient (Wildman–Crippen LogP) is 3.83. The number of rotatable bonds is 5. The standard InChI is InChI=1S/C18H27NO/c1-13(2)11-14-3-7-16(8-4-14)18(20)17-9-5-15(12-19)6-10-17/h3-4,7-8,13,15,17H,5-6,9-12,19H2,1-2H3. The number of hydrogen-bond donors (Lipinski definition) is 1. The lowest BCUT2D eigenvalue weighted by Crippen LogP contribution is -2.25. The molecule has 1 aromatic carbocycles. The maximum atomic E-state index is 12.5. The first kappa shape index (κ1) is 15.2. The van der Waals surface area contributed by atoms with Gasteiger partial charge in [0, 0.05) is 11.5 Å². The molecular formula is C18H27NO. The molecule has 2 heteroatoms. The molecule has 20 heavy (non-hydrogen) atoms. The normalized spacial score (nSPS) is 23.0. The molecule has 0 spiro atoms. The van der Waals surface area contributed by atoms with E-state index in [9.17, 15) is 4.79 Å². The number of carbonyl (C=O) groups excluding carboxylic acids is 1. The van der Waals surface area contributed by atoms with Crippen LogP contribution in [-0.2, 0) is 6.42 Å². The quantitative estimate of drug-likeness (QED) is 0.828. The van der Waals surface area contributed by atoms with E-state index in [1.165, 1.54) is 5.56 Å². The lowest BCUT2D eigenvalue weighted by molar-refractivity contribution is 0.0873. The molecule has 0 unspecified atom stereocenters. The highest BCUT2D eigenvalue weighted by Gasteiger charge is 2.26. The molecule has 110 valence electrons. The van der Waals surface area contributed by atoms with Crippen LogP contribution in [0.15, 0.2) is 24.3 Å². The fraction of sp³-hybridized carbons (Fsp3) is 0.611. The zero-order valence-corrected chi connectivity index (χ0v) is 12.8. The second kappa shape index (κ2) is 7.03. The number of nitrogens with two attached hydrogens (primary N) is 1. The van der Waals surface area contributed by atoms with Crippen molar-refractivity contribution in [3.8, 4) is 0 Å². The molecule has 0 heterocycles. The van der Waals surface area contributed by atoms with Crippen molar-refractivity contribution < 1.29 is 4.79 Å². The van der Waals surface area contributed by atoms with Gasteiger partial charge in [-0.2, -0.15) is 0 Å². The average molecular weight is 273 g/mol. The number of hydrogen-bond acceptors (Lipinski definition) is 2. The summed E-state index contributed by atoms with van der Waals surface area (Å²) in [5, 5.41) is 0. The van der Waals surface area contributed by atoms with Gasteiger partial charge in [-0.05, 0) is 56.0 Å². The minimum absolute atomic E-state index is 0.216. The molecule has 0 saturated heterocycles. The van der Waals surface area contributed by atoms with Crippen LogP contribution in [0.5, 0.6) is 0 Å². The summed E-state index contributed by atoms with van der Waals surface area (Å²) in [6, 6.07) is 8.24. The van der Waals surface area contributed by atoms with Crippen LogP contribution in [0.1, 0.15) is 55.5 Å². The van der Waals surface area contributed by atoms with Gasteiger partial charge in [0.1, 0.15) is 0 Å². The molecule has 0 aliphatic heterocycles. The van der Waals surface area contributed by atoms with Gasteiger partial charge in [0.15, 0.2) is 5.78 Å². The van der Waals surface area contributed by atoms with Gasteiger partial charge in [-0.25, -0.2) is 0 Å². The van der Waals surface area contributed by atoms with Crippen molar-refractivity contribution >= 4 is 5.78 Å².